The van der Waals surface area contributed by atoms with E-state index in [2.05, 4.69) is 4.98 Å². The highest BCUT2D eigenvalue weighted by atomic mass is 35.5. The molecule has 0 bridgehead atoms. The molecule has 2 N–H and O–H groups in total. The van der Waals surface area contributed by atoms with Gasteiger partial charge < -0.3 is 10.5 Å². The highest BCUT2D eigenvalue weighted by molar-refractivity contribution is 6.32. The van der Waals surface area contributed by atoms with Gasteiger partial charge in [0.2, 0.25) is 5.88 Å². The van der Waals surface area contributed by atoms with Crippen LogP contribution in [0.25, 0.3) is 0 Å². The summed E-state index contributed by atoms with van der Waals surface area (Å²) in [6.07, 6.45) is 4.53. The van der Waals surface area contributed by atoms with E-state index in [9.17, 15) is 10.1 Å². The summed E-state index contributed by atoms with van der Waals surface area (Å²) in [5.74, 6) is 1.14. The molecule has 0 radical (unpaired) electrons. The Labute approximate surface area is 116 Å². The van der Waals surface area contributed by atoms with Crippen molar-refractivity contribution >= 4 is 17.3 Å². The van der Waals surface area contributed by atoms with Crippen LogP contribution in [0.4, 0.5) is 5.69 Å². The number of hydrogen-bond acceptors (Lipinski definition) is 5. The lowest BCUT2D eigenvalue weighted by Crippen LogP contribution is -2.23. The van der Waals surface area contributed by atoms with Gasteiger partial charge in [0.15, 0.2) is 0 Å². The minimum atomic E-state index is -0.538. The summed E-state index contributed by atoms with van der Waals surface area (Å²) in [5.41, 5.74) is 5.56. The molecule has 0 aliphatic heterocycles. The molecule has 19 heavy (non-hydrogen) atoms. The molecule has 1 heterocycles. The van der Waals surface area contributed by atoms with E-state index in [1.807, 2.05) is 0 Å². The van der Waals surface area contributed by atoms with Crippen LogP contribution in [-0.4, -0.2) is 23.1 Å². The molecule has 0 aromatic carbocycles. The first-order valence-electron chi connectivity index (χ1n) is 6.24. The summed E-state index contributed by atoms with van der Waals surface area (Å²) in [7, 11) is 0. The molecule has 1 fully saturated rings. The summed E-state index contributed by atoms with van der Waals surface area (Å²) in [4.78, 5) is 13.9. The van der Waals surface area contributed by atoms with E-state index in [0.29, 0.717) is 25.0 Å². The van der Waals surface area contributed by atoms with Crippen LogP contribution < -0.4 is 10.5 Å². The Morgan fingerprint density at radius 3 is 2.89 bits per heavy atom. The van der Waals surface area contributed by atoms with E-state index in [4.69, 9.17) is 22.1 Å². The molecule has 2 atom stereocenters. The summed E-state index contributed by atoms with van der Waals surface area (Å²) >= 11 is 5.91. The number of nitro groups is 1. The van der Waals surface area contributed by atoms with Gasteiger partial charge in [-0.2, -0.15) is 0 Å². The second kappa shape index (κ2) is 6.16. The van der Waals surface area contributed by atoms with Crippen LogP contribution >= 0.6 is 11.6 Å². The van der Waals surface area contributed by atoms with E-state index in [1.54, 1.807) is 0 Å². The summed E-state index contributed by atoms with van der Waals surface area (Å²) < 4.78 is 5.57. The number of nitrogens with two attached hydrogens (primary N) is 1. The van der Waals surface area contributed by atoms with Gasteiger partial charge in [-0.15, -0.1) is 0 Å². The lowest BCUT2D eigenvalue weighted by molar-refractivity contribution is -0.385. The highest BCUT2D eigenvalue weighted by Crippen LogP contribution is 2.32. The van der Waals surface area contributed by atoms with Crippen molar-refractivity contribution in [3.05, 3.63) is 27.4 Å². The zero-order valence-corrected chi connectivity index (χ0v) is 11.2. The Morgan fingerprint density at radius 1 is 1.53 bits per heavy atom. The van der Waals surface area contributed by atoms with Gasteiger partial charge in [0.1, 0.15) is 11.2 Å². The zero-order valence-electron chi connectivity index (χ0n) is 10.4. The summed E-state index contributed by atoms with van der Waals surface area (Å²) in [6.45, 7) is 1.17. The first-order valence-corrected chi connectivity index (χ1v) is 6.62. The Hall–Kier alpha value is -1.40. The van der Waals surface area contributed by atoms with Crippen LogP contribution in [0, 0.1) is 22.0 Å². The molecule has 0 amide bonds. The third kappa shape index (κ3) is 3.33. The predicted molar refractivity (Wildman–Crippen MR) is 71.3 cm³/mol. The third-order valence-corrected chi connectivity index (χ3v) is 3.83. The summed E-state index contributed by atoms with van der Waals surface area (Å²) in [6, 6.07) is 1.25. The lowest BCUT2D eigenvalue weighted by Gasteiger charge is -2.18. The van der Waals surface area contributed by atoms with Crippen LogP contribution in [0.1, 0.15) is 19.3 Å². The quantitative estimate of drug-likeness (QED) is 0.662. The standard InChI is InChI=1S/C12H16ClN3O3/c13-11-4-10(16(17)18)6-15-12(11)19-7-9-3-1-2-8(9)5-14/h4,6,8-9H,1-3,5,7,14H2. The Morgan fingerprint density at radius 2 is 2.26 bits per heavy atom. The number of nitrogens with zero attached hydrogens (tertiary/aromatic N) is 2. The van der Waals surface area contributed by atoms with E-state index >= 15 is 0 Å². The molecule has 104 valence electrons. The van der Waals surface area contributed by atoms with Gasteiger partial charge in [0, 0.05) is 6.07 Å². The van der Waals surface area contributed by atoms with Gasteiger partial charge in [-0.25, -0.2) is 4.98 Å². The first-order chi connectivity index (χ1) is 9.11. The third-order valence-electron chi connectivity index (χ3n) is 3.56. The summed E-state index contributed by atoms with van der Waals surface area (Å²) in [5, 5.41) is 10.7. The van der Waals surface area contributed by atoms with Crippen LogP contribution in [0.15, 0.2) is 12.3 Å². The van der Waals surface area contributed by atoms with Gasteiger partial charge in [-0.3, -0.25) is 10.1 Å². The number of rotatable bonds is 5. The van der Waals surface area contributed by atoms with Crippen molar-refractivity contribution in [2.45, 2.75) is 19.3 Å². The minimum Gasteiger partial charge on any atom is -0.476 e. The van der Waals surface area contributed by atoms with Gasteiger partial charge in [0.25, 0.3) is 5.69 Å². The molecule has 1 aliphatic carbocycles. The number of aromatic nitrogens is 1. The van der Waals surface area contributed by atoms with Gasteiger partial charge in [0.05, 0.1) is 11.5 Å². The second-order valence-corrected chi connectivity index (χ2v) is 5.14. The van der Waals surface area contributed by atoms with Crippen molar-refractivity contribution in [1.29, 1.82) is 0 Å². The molecule has 7 heteroatoms. The Balaban J connectivity index is 1.98. The molecule has 2 rings (SSSR count). The topological polar surface area (TPSA) is 91.3 Å². The largest absolute Gasteiger partial charge is 0.476 e. The maximum absolute atomic E-state index is 10.6. The predicted octanol–water partition coefficient (Wildman–Crippen LogP) is 2.40. The average Bonchev–Trinajstić information content (AvgIpc) is 2.84. The number of pyridine rings is 1. The molecule has 0 saturated heterocycles. The zero-order chi connectivity index (χ0) is 13.8. The van der Waals surface area contributed by atoms with Crippen molar-refractivity contribution < 1.29 is 9.66 Å². The number of ether oxygens (including phenoxy) is 1. The second-order valence-electron chi connectivity index (χ2n) is 4.74. The smallest absolute Gasteiger partial charge is 0.289 e. The first kappa shape index (κ1) is 14.0. The van der Waals surface area contributed by atoms with E-state index < -0.39 is 4.92 Å². The van der Waals surface area contributed by atoms with E-state index in [0.717, 1.165) is 25.5 Å². The molecule has 2 unspecified atom stereocenters. The van der Waals surface area contributed by atoms with Crippen molar-refractivity contribution in [3.63, 3.8) is 0 Å². The van der Waals surface area contributed by atoms with Gasteiger partial charge in [-0.1, -0.05) is 18.0 Å². The van der Waals surface area contributed by atoms with Crippen LogP contribution in [0.5, 0.6) is 5.88 Å². The molecular weight excluding hydrogens is 270 g/mol. The van der Waals surface area contributed by atoms with Crippen molar-refractivity contribution in [2.75, 3.05) is 13.2 Å². The SMILES string of the molecule is NCC1CCCC1COc1ncc([N+](=O)[O-])cc1Cl. The van der Waals surface area contributed by atoms with Crippen molar-refractivity contribution in [3.8, 4) is 5.88 Å². The van der Waals surface area contributed by atoms with E-state index in [-0.39, 0.29) is 16.6 Å². The fourth-order valence-corrected chi connectivity index (χ4v) is 2.67. The van der Waals surface area contributed by atoms with Crippen molar-refractivity contribution in [1.82, 2.24) is 4.98 Å². The maximum Gasteiger partial charge on any atom is 0.289 e. The fourth-order valence-electron chi connectivity index (χ4n) is 2.45. The molecule has 1 aromatic heterocycles. The van der Waals surface area contributed by atoms with E-state index in [1.165, 1.54) is 6.07 Å². The maximum atomic E-state index is 10.6. The molecule has 1 saturated carbocycles. The fraction of sp³-hybridized carbons (Fsp3) is 0.583. The lowest BCUT2D eigenvalue weighted by atomic mass is 9.97. The van der Waals surface area contributed by atoms with Gasteiger partial charge >= 0.3 is 0 Å². The Bertz CT molecular complexity index is 470. The molecule has 0 spiro atoms. The molecule has 1 aromatic rings. The Kier molecular flexibility index (Phi) is 4.55. The number of halogens is 1. The molecule has 6 nitrogen and oxygen atoms in total. The van der Waals surface area contributed by atoms with Crippen LogP contribution in [0.2, 0.25) is 5.02 Å². The normalized spacial score (nSPS) is 22.4. The average molecular weight is 286 g/mol. The van der Waals surface area contributed by atoms with Crippen LogP contribution in [-0.2, 0) is 0 Å². The van der Waals surface area contributed by atoms with Crippen molar-refractivity contribution in [2.24, 2.45) is 17.6 Å². The molecule has 1 aliphatic rings. The monoisotopic (exact) mass is 285 g/mol. The molecular formula is C12H16ClN3O3. The number of hydrogen-bond donors (Lipinski definition) is 1. The van der Waals surface area contributed by atoms with Crippen LogP contribution in [0.3, 0.4) is 0 Å². The highest BCUT2D eigenvalue weighted by Gasteiger charge is 2.27. The minimum absolute atomic E-state index is 0.141. The van der Waals surface area contributed by atoms with Gasteiger partial charge in [-0.05, 0) is 31.2 Å².